The molecule has 2 rings (SSSR count). The molecule has 2 heteroatoms. The van der Waals surface area contributed by atoms with Crippen LogP contribution in [-0.4, -0.2) is 11.0 Å². The molecule has 1 N–H and O–H groups in total. The molecule has 1 aromatic heterocycles. The summed E-state index contributed by atoms with van der Waals surface area (Å²) in [5.74, 6) is 0.886. The van der Waals surface area contributed by atoms with E-state index in [1.807, 2.05) is 12.4 Å². The molecule has 0 aliphatic heterocycles. The highest BCUT2D eigenvalue weighted by molar-refractivity contribution is 5.21. The molecule has 0 saturated heterocycles. The topological polar surface area (TPSA) is 24.9 Å². The normalized spacial score (nSPS) is 18.9. The molecular weight excluding hydrogens is 196 g/mol. The second-order valence-electron chi connectivity index (χ2n) is 5.02. The van der Waals surface area contributed by atoms with Crippen LogP contribution in [0.4, 0.5) is 0 Å². The zero-order valence-electron chi connectivity index (χ0n) is 10.4. The fourth-order valence-electron chi connectivity index (χ4n) is 2.58. The first-order valence-corrected chi connectivity index (χ1v) is 6.40. The van der Waals surface area contributed by atoms with E-state index in [2.05, 4.69) is 30.2 Å². The fraction of sp³-hybridized carbons (Fsp3) is 0.643. The van der Waals surface area contributed by atoms with Crippen LogP contribution in [0, 0.1) is 12.8 Å². The lowest BCUT2D eigenvalue weighted by atomic mass is 9.99. The molecular formula is C14H22N2. The third-order valence-electron chi connectivity index (χ3n) is 3.87. The Hall–Kier alpha value is -0.890. The molecule has 1 unspecified atom stereocenters. The van der Waals surface area contributed by atoms with Crippen molar-refractivity contribution in [2.45, 2.75) is 52.1 Å². The summed E-state index contributed by atoms with van der Waals surface area (Å²) in [6.45, 7) is 5.43. The van der Waals surface area contributed by atoms with Crippen LogP contribution in [0.1, 0.15) is 43.7 Å². The molecule has 2 nitrogen and oxygen atoms in total. The molecule has 1 heterocycles. The van der Waals surface area contributed by atoms with Gasteiger partial charge in [0.2, 0.25) is 0 Å². The Bertz CT molecular complexity index is 329. The summed E-state index contributed by atoms with van der Waals surface area (Å²) in [4.78, 5) is 4.18. The van der Waals surface area contributed by atoms with Crippen LogP contribution in [0.5, 0.6) is 0 Å². The van der Waals surface area contributed by atoms with Crippen molar-refractivity contribution in [1.82, 2.24) is 10.3 Å². The highest BCUT2D eigenvalue weighted by Gasteiger charge is 2.20. The highest BCUT2D eigenvalue weighted by atomic mass is 14.9. The van der Waals surface area contributed by atoms with E-state index in [1.165, 1.54) is 36.8 Å². The van der Waals surface area contributed by atoms with Crippen molar-refractivity contribution >= 4 is 0 Å². The predicted molar refractivity (Wildman–Crippen MR) is 67.2 cm³/mol. The smallest absolute Gasteiger partial charge is 0.0315 e. The molecule has 0 bridgehead atoms. The molecule has 0 amide bonds. The Kier molecular flexibility index (Phi) is 3.94. The number of aromatic nitrogens is 1. The van der Waals surface area contributed by atoms with Crippen molar-refractivity contribution in [3.8, 4) is 0 Å². The van der Waals surface area contributed by atoms with Crippen molar-refractivity contribution < 1.29 is 0 Å². The van der Waals surface area contributed by atoms with E-state index in [9.17, 15) is 0 Å². The average Bonchev–Trinajstić information content (AvgIpc) is 2.81. The molecule has 0 aromatic carbocycles. The predicted octanol–water partition coefficient (Wildman–Crippen LogP) is 3.06. The standard InChI is InChI=1S/C14H22N2/c1-11-7-8-15-9-14(11)10-16-12(2)13-5-3-4-6-13/h7-9,12-13,16H,3-6,10H2,1-2H3. The quantitative estimate of drug-likeness (QED) is 0.840. The summed E-state index contributed by atoms with van der Waals surface area (Å²) in [5, 5.41) is 3.64. The number of nitrogens with zero attached hydrogens (tertiary/aromatic N) is 1. The third kappa shape index (κ3) is 2.82. The summed E-state index contributed by atoms with van der Waals surface area (Å²) in [5.41, 5.74) is 2.66. The number of nitrogens with one attached hydrogen (secondary N) is 1. The first-order chi connectivity index (χ1) is 7.77. The monoisotopic (exact) mass is 218 g/mol. The lowest BCUT2D eigenvalue weighted by Gasteiger charge is -2.20. The number of rotatable bonds is 4. The summed E-state index contributed by atoms with van der Waals surface area (Å²) in [6, 6.07) is 2.72. The first-order valence-electron chi connectivity index (χ1n) is 6.40. The van der Waals surface area contributed by atoms with Crippen molar-refractivity contribution in [2.75, 3.05) is 0 Å². The van der Waals surface area contributed by atoms with E-state index in [0.29, 0.717) is 6.04 Å². The minimum absolute atomic E-state index is 0.641. The van der Waals surface area contributed by atoms with Crippen LogP contribution in [0.3, 0.4) is 0 Å². The molecule has 16 heavy (non-hydrogen) atoms. The van der Waals surface area contributed by atoms with Gasteiger partial charge in [0.15, 0.2) is 0 Å². The molecule has 88 valence electrons. The molecule has 1 aliphatic carbocycles. The maximum atomic E-state index is 4.18. The largest absolute Gasteiger partial charge is 0.310 e. The Labute approximate surface area is 98.5 Å². The van der Waals surface area contributed by atoms with Gasteiger partial charge in [-0.05, 0) is 49.8 Å². The van der Waals surface area contributed by atoms with Gasteiger partial charge in [-0.3, -0.25) is 4.98 Å². The van der Waals surface area contributed by atoms with E-state index in [1.54, 1.807) is 0 Å². The van der Waals surface area contributed by atoms with Crippen molar-refractivity contribution in [3.63, 3.8) is 0 Å². The Morgan fingerprint density at radius 3 is 2.88 bits per heavy atom. The van der Waals surface area contributed by atoms with Gasteiger partial charge in [0.1, 0.15) is 0 Å². The highest BCUT2D eigenvalue weighted by Crippen LogP contribution is 2.27. The Balaban J connectivity index is 1.84. The Morgan fingerprint density at radius 2 is 2.19 bits per heavy atom. The van der Waals surface area contributed by atoms with Gasteiger partial charge in [0, 0.05) is 25.0 Å². The van der Waals surface area contributed by atoms with Gasteiger partial charge in [0.05, 0.1) is 0 Å². The molecule has 0 spiro atoms. The van der Waals surface area contributed by atoms with Crippen LogP contribution in [0.2, 0.25) is 0 Å². The minimum Gasteiger partial charge on any atom is -0.310 e. The molecule has 1 aliphatic rings. The summed E-state index contributed by atoms with van der Waals surface area (Å²) >= 11 is 0. The van der Waals surface area contributed by atoms with Gasteiger partial charge in [-0.2, -0.15) is 0 Å². The lowest BCUT2D eigenvalue weighted by molar-refractivity contribution is 0.380. The molecule has 1 saturated carbocycles. The average molecular weight is 218 g/mol. The van der Waals surface area contributed by atoms with Crippen molar-refractivity contribution in [1.29, 1.82) is 0 Å². The second-order valence-corrected chi connectivity index (χ2v) is 5.02. The van der Waals surface area contributed by atoms with E-state index in [-0.39, 0.29) is 0 Å². The molecule has 1 atom stereocenters. The van der Waals surface area contributed by atoms with Gasteiger partial charge in [0.25, 0.3) is 0 Å². The van der Waals surface area contributed by atoms with Gasteiger partial charge in [-0.1, -0.05) is 12.8 Å². The van der Waals surface area contributed by atoms with Gasteiger partial charge in [-0.25, -0.2) is 0 Å². The summed E-state index contributed by atoms with van der Waals surface area (Å²) in [7, 11) is 0. The third-order valence-corrected chi connectivity index (χ3v) is 3.87. The maximum Gasteiger partial charge on any atom is 0.0315 e. The van der Waals surface area contributed by atoms with Crippen molar-refractivity contribution in [2.24, 2.45) is 5.92 Å². The van der Waals surface area contributed by atoms with Gasteiger partial charge < -0.3 is 5.32 Å². The first kappa shape index (κ1) is 11.6. The van der Waals surface area contributed by atoms with Gasteiger partial charge in [-0.15, -0.1) is 0 Å². The number of aryl methyl sites for hydroxylation is 1. The lowest BCUT2D eigenvalue weighted by Crippen LogP contribution is -2.31. The van der Waals surface area contributed by atoms with E-state index >= 15 is 0 Å². The summed E-state index contributed by atoms with van der Waals surface area (Å²) < 4.78 is 0. The van der Waals surface area contributed by atoms with Crippen molar-refractivity contribution in [3.05, 3.63) is 29.6 Å². The van der Waals surface area contributed by atoms with Crippen LogP contribution in [-0.2, 0) is 6.54 Å². The van der Waals surface area contributed by atoms with E-state index in [4.69, 9.17) is 0 Å². The minimum atomic E-state index is 0.641. The van der Waals surface area contributed by atoms with Crippen LogP contribution >= 0.6 is 0 Å². The molecule has 1 aromatic rings. The van der Waals surface area contributed by atoms with E-state index in [0.717, 1.165) is 12.5 Å². The van der Waals surface area contributed by atoms with Gasteiger partial charge >= 0.3 is 0 Å². The number of hydrogen-bond acceptors (Lipinski definition) is 2. The van der Waals surface area contributed by atoms with Crippen LogP contribution in [0.15, 0.2) is 18.5 Å². The zero-order valence-corrected chi connectivity index (χ0v) is 10.4. The number of pyridine rings is 1. The fourth-order valence-corrected chi connectivity index (χ4v) is 2.58. The zero-order chi connectivity index (χ0) is 11.4. The Morgan fingerprint density at radius 1 is 1.44 bits per heavy atom. The summed E-state index contributed by atoms with van der Waals surface area (Å²) in [6.07, 6.45) is 9.48. The maximum absolute atomic E-state index is 4.18. The molecule has 0 radical (unpaired) electrons. The SMILES string of the molecule is Cc1ccncc1CNC(C)C1CCCC1. The van der Waals surface area contributed by atoms with E-state index < -0.39 is 0 Å². The second kappa shape index (κ2) is 5.44. The number of hydrogen-bond donors (Lipinski definition) is 1. The molecule has 1 fully saturated rings. The van der Waals surface area contributed by atoms with Crippen LogP contribution < -0.4 is 5.32 Å². The van der Waals surface area contributed by atoms with Crippen LogP contribution in [0.25, 0.3) is 0 Å².